The van der Waals surface area contributed by atoms with Crippen molar-refractivity contribution in [2.24, 2.45) is 0 Å². The Morgan fingerprint density at radius 1 is 0.952 bits per heavy atom. The van der Waals surface area contributed by atoms with Crippen LogP contribution in [0.3, 0.4) is 0 Å². The van der Waals surface area contributed by atoms with Gasteiger partial charge < -0.3 is 4.98 Å². The van der Waals surface area contributed by atoms with E-state index in [4.69, 9.17) is 0 Å². The van der Waals surface area contributed by atoms with Gasteiger partial charge >= 0.3 is 0 Å². The van der Waals surface area contributed by atoms with E-state index in [1.165, 1.54) is 0 Å². The van der Waals surface area contributed by atoms with Crippen LogP contribution in [0.2, 0.25) is 0 Å². The fourth-order valence-corrected chi connectivity index (χ4v) is 2.90. The standard InChI is InChI=1S/C17H12N2O2/c1-10-5-4-8-13-15(10)19-14(18-16(13)20)9-11-6-2-3-7-12(11)17(19)21/h2-9H,1H3,(H,18,20). The molecule has 0 saturated carbocycles. The molecule has 0 aliphatic carbocycles. The second-order valence-corrected chi connectivity index (χ2v) is 5.18. The first-order valence-corrected chi connectivity index (χ1v) is 6.73. The minimum atomic E-state index is -0.177. The summed E-state index contributed by atoms with van der Waals surface area (Å²) in [5.41, 5.74) is 1.81. The van der Waals surface area contributed by atoms with E-state index in [0.717, 1.165) is 10.9 Å². The maximum absolute atomic E-state index is 12.8. The predicted molar refractivity (Wildman–Crippen MR) is 84.0 cm³/mol. The molecule has 2 heterocycles. The number of fused-ring (bicyclic) bond motifs is 4. The number of benzene rings is 2. The Morgan fingerprint density at radius 2 is 1.71 bits per heavy atom. The second-order valence-electron chi connectivity index (χ2n) is 5.18. The molecule has 0 spiro atoms. The number of pyridine rings is 1. The number of aromatic nitrogens is 2. The molecule has 0 atom stereocenters. The highest BCUT2D eigenvalue weighted by Crippen LogP contribution is 2.17. The van der Waals surface area contributed by atoms with Crippen LogP contribution in [0.4, 0.5) is 0 Å². The lowest BCUT2D eigenvalue weighted by Gasteiger charge is -2.09. The number of para-hydroxylation sites is 1. The van der Waals surface area contributed by atoms with Gasteiger partial charge in [0.05, 0.1) is 10.9 Å². The summed E-state index contributed by atoms with van der Waals surface area (Å²) in [6.45, 7) is 1.91. The Hall–Kier alpha value is -2.88. The average molecular weight is 276 g/mol. The normalized spacial score (nSPS) is 11.5. The van der Waals surface area contributed by atoms with E-state index in [9.17, 15) is 9.59 Å². The van der Waals surface area contributed by atoms with E-state index >= 15 is 0 Å². The number of nitrogens with zero attached hydrogens (tertiary/aromatic N) is 1. The molecule has 0 bridgehead atoms. The quantitative estimate of drug-likeness (QED) is 0.396. The molecule has 102 valence electrons. The average Bonchev–Trinajstić information content (AvgIpc) is 2.48. The molecule has 0 radical (unpaired) electrons. The minimum absolute atomic E-state index is 0.112. The topological polar surface area (TPSA) is 54.3 Å². The summed E-state index contributed by atoms with van der Waals surface area (Å²) in [5, 5.41) is 2.00. The molecule has 21 heavy (non-hydrogen) atoms. The number of hydrogen-bond acceptors (Lipinski definition) is 2. The summed E-state index contributed by atoms with van der Waals surface area (Å²) >= 11 is 0. The minimum Gasteiger partial charge on any atom is -0.308 e. The van der Waals surface area contributed by atoms with Crippen molar-refractivity contribution >= 4 is 27.3 Å². The van der Waals surface area contributed by atoms with Crippen molar-refractivity contribution in [1.82, 2.24) is 9.38 Å². The molecule has 0 amide bonds. The molecule has 4 aromatic rings. The van der Waals surface area contributed by atoms with E-state index in [0.29, 0.717) is 21.9 Å². The van der Waals surface area contributed by atoms with Gasteiger partial charge in [0.2, 0.25) is 0 Å². The summed E-state index contributed by atoms with van der Waals surface area (Å²) in [5.74, 6) is 0. The zero-order valence-corrected chi connectivity index (χ0v) is 11.4. The number of H-pyrrole nitrogens is 1. The fraction of sp³-hybridized carbons (Fsp3) is 0.0588. The van der Waals surface area contributed by atoms with Crippen molar-refractivity contribution in [3.63, 3.8) is 0 Å². The molecular formula is C17H12N2O2. The Labute approximate surface area is 119 Å². The molecule has 4 rings (SSSR count). The molecular weight excluding hydrogens is 264 g/mol. The van der Waals surface area contributed by atoms with Crippen LogP contribution in [-0.2, 0) is 0 Å². The maximum Gasteiger partial charge on any atom is 0.264 e. The second kappa shape index (κ2) is 4.06. The van der Waals surface area contributed by atoms with E-state index in [1.54, 1.807) is 16.5 Å². The van der Waals surface area contributed by atoms with Gasteiger partial charge in [-0.25, -0.2) is 0 Å². The molecule has 1 N–H and O–H groups in total. The van der Waals surface area contributed by atoms with Crippen LogP contribution in [-0.4, -0.2) is 9.38 Å². The van der Waals surface area contributed by atoms with Crippen molar-refractivity contribution < 1.29 is 0 Å². The lowest BCUT2D eigenvalue weighted by Crippen LogP contribution is -2.20. The number of aryl methyl sites for hydroxylation is 1. The summed E-state index contributed by atoms with van der Waals surface area (Å²) in [6.07, 6.45) is 0. The highest BCUT2D eigenvalue weighted by molar-refractivity contribution is 5.89. The predicted octanol–water partition coefficient (Wildman–Crippen LogP) is 2.60. The van der Waals surface area contributed by atoms with E-state index in [2.05, 4.69) is 4.98 Å². The van der Waals surface area contributed by atoms with Gasteiger partial charge in [-0.05, 0) is 36.1 Å². The Morgan fingerprint density at radius 3 is 2.57 bits per heavy atom. The van der Waals surface area contributed by atoms with Crippen LogP contribution in [0.15, 0.2) is 58.1 Å². The van der Waals surface area contributed by atoms with Crippen LogP contribution < -0.4 is 11.1 Å². The smallest absolute Gasteiger partial charge is 0.264 e. The van der Waals surface area contributed by atoms with Gasteiger partial charge in [-0.2, -0.15) is 0 Å². The molecule has 0 fully saturated rings. The van der Waals surface area contributed by atoms with Gasteiger partial charge in [0.1, 0.15) is 5.65 Å². The lowest BCUT2D eigenvalue weighted by atomic mass is 10.1. The lowest BCUT2D eigenvalue weighted by molar-refractivity contribution is 1.10. The molecule has 0 unspecified atom stereocenters. The third kappa shape index (κ3) is 1.56. The van der Waals surface area contributed by atoms with Gasteiger partial charge in [-0.3, -0.25) is 14.0 Å². The van der Waals surface area contributed by atoms with Crippen molar-refractivity contribution in [3.05, 3.63) is 74.8 Å². The molecule has 2 aromatic heterocycles. The van der Waals surface area contributed by atoms with Crippen LogP contribution in [0.25, 0.3) is 27.3 Å². The first kappa shape index (κ1) is 11.9. The molecule has 0 aliphatic rings. The van der Waals surface area contributed by atoms with Gasteiger partial charge in [-0.1, -0.05) is 30.3 Å². The Kier molecular flexibility index (Phi) is 2.30. The summed E-state index contributed by atoms with van der Waals surface area (Å²) in [6, 6.07) is 14.7. The largest absolute Gasteiger partial charge is 0.308 e. The molecule has 4 heteroatoms. The summed E-state index contributed by atoms with van der Waals surface area (Å²) in [4.78, 5) is 27.8. The van der Waals surface area contributed by atoms with Gasteiger partial charge in [0.25, 0.3) is 11.1 Å². The van der Waals surface area contributed by atoms with Crippen molar-refractivity contribution in [2.45, 2.75) is 6.92 Å². The SMILES string of the molecule is Cc1cccc2c(=O)[nH]c3cc4ccccc4c(=O)n3c12. The third-order valence-electron chi connectivity index (χ3n) is 3.88. The van der Waals surface area contributed by atoms with Crippen LogP contribution in [0.1, 0.15) is 5.56 Å². The van der Waals surface area contributed by atoms with E-state index in [1.807, 2.05) is 43.3 Å². The number of nitrogens with one attached hydrogen (secondary N) is 1. The summed E-state index contributed by atoms with van der Waals surface area (Å²) < 4.78 is 1.59. The number of hydrogen-bond donors (Lipinski definition) is 1. The van der Waals surface area contributed by atoms with Crippen molar-refractivity contribution in [1.29, 1.82) is 0 Å². The van der Waals surface area contributed by atoms with Crippen LogP contribution in [0, 0.1) is 6.92 Å². The van der Waals surface area contributed by atoms with Crippen molar-refractivity contribution in [2.75, 3.05) is 0 Å². The first-order valence-electron chi connectivity index (χ1n) is 6.73. The van der Waals surface area contributed by atoms with E-state index in [-0.39, 0.29) is 11.1 Å². The van der Waals surface area contributed by atoms with Crippen molar-refractivity contribution in [3.8, 4) is 0 Å². The third-order valence-corrected chi connectivity index (χ3v) is 3.88. The van der Waals surface area contributed by atoms with Crippen LogP contribution in [0.5, 0.6) is 0 Å². The maximum atomic E-state index is 12.8. The molecule has 4 nitrogen and oxygen atoms in total. The van der Waals surface area contributed by atoms with Gasteiger partial charge in [0, 0.05) is 5.39 Å². The van der Waals surface area contributed by atoms with Crippen LogP contribution >= 0.6 is 0 Å². The van der Waals surface area contributed by atoms with Gasteiger partial charge in [0.15, 0.2) is 0 Å². The zero-order valence-electron chi connectivity index (χ0n) is 11.4. The zero-order chi connectivity index (χ0) is 14.6. The highest BCUT2D eigenvalue weighted by Gasteiger charge is 2.10. The summed E-state index contributed by atoms with van der Waals surface area (Å²) in [7, 11) is 0. The van der Waals surface area contributed by atoms with Gasteiger partial charge in [-0.15, -0.1) is 0 Å². The number of aromatic amines is 1. The Balaban J connectivity index is 2.45. The number of rotatable bonds is 0. The highest BCUT2D eigenvalue weighted by atomic mass is 16.1. The van der Waals surface area contributed by atoms with E-state index < -0.39 is 0 Å². The first-order chi connectivity index (χ1) is 10.2. The molecule has 2 aromatic carbocycles. The molecule has 0 saturated heterocycles. The fourth-order valence-electron chi connectivity index (χ4n) is 2.90. The molecule has 0 aliphatic heterocycles. The monoisotopic (exact) mass is 276 g/mol. The Bertz CT molecular complexity index is 1140.